The van der Waals surface area contributed by atoms with Crippen LogP contribution in [0.25, 0.3) is 45.1 Å². The van der Waals surface area contributed by atoms with Crippen LogP contribution in [0.1, 0.15) is 29.7 Å². The number of fused-ring (bicyclic) bond motifs is 4. The van der Waals surface area contributed by atoms with Gasteiger partial charge in [-0.1, -0.05) is 60.7 Å². The summed E-state index contributed by atoms with van der Waals surface area (Å²) in [4.78, 5) is 25.4. The van der Waals surface area contributed by atoms with Crippen LogP contribution < -0.4 is 5.32 Å². The van der Waals surface area contributed by atoms with E-state index in [1.54, 1.807) is 24.3 Å². The molecule has 0 radical (unpaired) electrons. The largest absolute Gasteiger partial charge is 0.326 e. The Morgan fingerprint density at radius 2 is 1.72 bits per heavy atom. The summed E-state index contributed by atoms with van der Waals surface area (Å²) in [5.74, 6) is -0.181. The highest BCUT2D eigenvalue weighted by molar-refractivity contribution is 7.94. The molecule has 1 N–H and O–H groups in total. The van der Waals surface area contributed by atoms with E-state index in [1.165, 1.54) is 11.0 Å². The zero-order chi connectivity index (χ0) is 32.1. The molecule has 2 aliphatic heterocycles. The van der Waals surface area contributed by atoms with E-state index in [-0.39, 0.29) is 16.7 Å². The van der Waals surface area contributed by atoms with Gasteiger partial charge in [0.05, 0.1) is 16.3 Å². The van der Waals surface area contributed by atoms with E-state index in [9.17, 15) is 13.2 Å². The van der Waals surface area contributed by atoms with E-state index in [0.717, 1.165) is 77.2 Å². The fourth-order valence-electron chi connectivity index (χ4n) is 6.57. The molecule has 2 aliphatic rings. The van der Waals surface area contributed by atoms with E-state index in [0.29, 0.717) is 11.3 Å². The predicted octanol–water partition coefficient (Wildman–Crippen LogP) is 6.53. The summed E-state index contributed by atoms with van der Waals surface area (Å²) in [6.07, 6.45) is 4.93. The van der Waals surface area contributed by atoms with Crippen molar-refractivity contribution in [3.05, 3.63) is 113 Å². The van der Waals surface area contributed by atoms with E-state index >= 15 is 0 Å². The number of piperidine rings is 1. The molecule has 6 aromatic rings. The molecule has 0 unspecified atom stereocenters. The van der Waals surface area contributed by atoms with Crippen molar-refractivity contribution in [2.45, 2.75) is 31.2 Å². The van der Waals surface area contributed by atoms with Gasteiger partial charge >= 0.3 is 0 Å². The lowest BCUT2D eigenvalue weighted by Crippen LogP contribution is -2.37. The number of rotatable bonds is 6. The van der Waals surface area contributed by atoms with Gasteiger partial charge in [-0.05, 0) is 73.8 Å². The Kier molecular flexibility index (Phi) is 7.19. The molecule has 1 amide bonds. The molecule has 0 bridgehead atoms. The number of amides is 1. The van der Waals surface area contributed by atoms with Crippen LogP contribution in [0.4, 0.5) is 5.69 Å². The maximum atomic E-state index is 13.0. The van der Waals surface area contributed by atoms with E-state index in [1.807, 2.05) is 41.9 Å². The number of aromatic nitrogens is 4. The van der Waals surface area contributed by atoms with Gasteiger partial charge in [0.2, 0.25) is 15.7 Å². The lowest BCUT2D eigenvalue weighted by atomic mass is 9.95. The van der Waals surface area contributed by atoms with Gasteiger partial charge in [0, 0.05) is 52.3 Å². The summed E-state index contributed by atoms with van der Waals surface area (Å²) in [5, 5.41) is 9.71. The monoisotopic (exact) mass is 640 g/mol. The Balaban J connectivity index is 0.971. The Morgan fingerprint density at radius 3 is 2.51 bits per heavy atom. The van der Waals surface area contributed by atoms with Gasteiger partial charge in [0.25, 0.3) is 0 Å². The molecular formula is C37H32N6O3S. The third-order valence-electron chi connectivity index (χ3n) is 9.07. The van der Waals surface area contributed by atoms with Gasteiger partial charge in [0.1, 0.15) is 0 Å². The maximum Gasteiger partial charge on any atom is 0.227 e. The van der Waals surface area contributed by atoms with Crippen molar-refractivity contribution < 1.29 is 13.2 Å². The normalized spacial score (nSPS) is 16.1. The first-order chi connectivity index (χ1) is 22.8. The minimum absolute atomic E-state index is 0.0623. The first kappa shape index (κ1) is 29.2. The SMILES string of the molecule is Cc1cc2ncc3cc(-c4ccccc4)c(-c4ccc(CN5CCC(C(=O)Nc6ccc7c(c6)S(=O)(=O)C=C7)CC5)cc4)nc3n2n1. The van der Waals surface area contributed by atoms with Gasteiger partial charge in [-0.2, -0.15) is 9.61 Å². The topological polar surface area (TPSA) is 110 Å². The average molecular weight is 641 g/mol. The summed E-state index contributed by atoms with van der Waals surface area (Å²) in [6.45, 7) is 4.36. The lowest BCUT2D eigenvalue weighted by Gasteiger charge is -2.31. The second-order valence-corrected chi connectivity index (χ2v) is 14.1. The number of anilines is 1. The molecule has 0 spiro atoms. The number of hydrogen-bond acceptors (Lipinski definition) is 7. The quantitative estimate of drug-likeness (QED) is 0.221. The maximum absolute atomic E-state index is 13.0. The molecule has 9 nitrogen and oxygen atoms in total. The first-order valence-corrected chi connectivity index (χ1v) is 17.3. The van der Waals surface area contributed by atoms with E-state index in [4.69, 9.17) is 4.98 Å². The van der Waals surface area contributed by atoms with Crippen molar-refractivity contribution in [2.75, 3.05) is 18.4 Å². The molecule has 47 heavy (non-hydrogen) atoms. The molecule has 234 valence electrons. The minimum atomic E-state index is -3.42. The lowest BCUT2D eigenvalue weighted by molar-refractivity contribution is -0.121. The number of likely N-dealkylation sites (tertiary alicyclic amines) is 1. The number of pyridine rings is 1. The van der Waals surface area contributed by atoms with Crippen LogP contribution in [0, 0.1) is 12.8 Å². The number of nitrogens with zero attached hydrogens (tertiary/aromatic N) is 5. The smallest absolute Gasteiger partial charge is 0.227 e. The zero-order valence-electron chi connectivity index (χ0n) is 25.8. The zero-order valence-corrected chi connectivity index (χ0v) is 26.6. The third kappa shape index (κ3) is 5.60. The summed E-state index contributed by atoms with van der Waals surface area (Å²) >= 11 is 0. The molecule has 10 heteroatoms. The molecule has 1 saturated heterocycles. The van der Waals surface area contributed by atoms with Gasteiger partial charge in [-0.15, -0.1) is 0 Å². The van der Waals surface area contributed by atoms with Gasteiger partial charge in [-0.25, -0.2) is 18.4 Å². The highest BCUT2D eigenvalue weighted by atomic mass is 32.2. The number of aryl methyl sites for hydroxylation is 1. The van der Waals surface area contributed by atoms with Crippen LogP contribution in [0.3, 0.4) is 0 Å². The van der Waals surface area contributed by atoms with Crippen LogP contribution in [0.2, 0.25) is 0 Å². The number of sulfone groups is 1. The van der Waals surface area contributed by atoms with Crippen LogP contribution in [-0.4, -0.2) is 51.9 Å². The second kappa shape index (κ2) is 11.6. The van der Waals surface area contributed by atoms with Crippen LogP contribution >= 0.6 is 0 Å². The third-order valence-corrected chi connectivity index (χ3v) is 10.5. The summed E-state index contributed by atoms with van der Waals surface area (Å²) < 4.78 is 26.3. The first-order valence-electron chi connectivity index (χ1n) is 15.7. The van der Waals surface area contributed by atoms with Crippen molar-refractivity contribution in [1.29, 1.82) is 0 Å². The Labute approximate surface area is 272 Å². The standard InChI is InChI=1S/C37H32N6O3S/c1-24-19-34-38-22-30-20-32(26-5-3-2-4-6-26)35(40-36(30)43(34)41-24)28-9-7-25(8-10-28)23-42-16-13-29(14-17-42)37(44)39-31-12-11-27-15-18-47(45,46)33(27)21-31/h2-12,15,18-22,29H,13-14,16-17,23H2,1H3,(H,39,44). The van der Waals surface area contributed by atoms with E-state index in [2.05, 4.69) is 62.8 Å². The van der Waals surface area contributed by atoms with Gasteiger partial charge < -0.3 is 5.32 Å². The fraction of sp³-hybridized carbons (Fsp3) is 0.189. The predicted molar refractivity (Wildman–Crippen MR) is 183 cm³/mol. The Bertz CT molecular complexity index is 2310. The van der Waals surface area contributed by atoms with Crippen LogP contribution in [0.5, 0.6) is 0 Å². The average Bonchev–Trinajstić information content (AvgIpc) is 3.63. The molecule has 3 aromatic carbocycles. The molecular weight excluding hydrogens is 609 g/mol. The molecule has 8 rings (SSSR count). The van der Waals surface area contributed by atoms with Crippen LogP contribution in [-0.2, 0) is 21.2 Å². The van der Waals surface area contributed by atoms with Crippen molar-refractivity contribution in [3.63, 3.8) is 0 Å². The highest BCUT2D eigenvalue weighted by Gasteiger charge is 2.26. The Morgan fingerprint density at radius 1 is 0.936 bits per heavy atom. The molecule has 0 saturated carbocycles. The Hall–Kier alpha value is -5.19. The fourth-order valence-corrected chi connectivity index (χ4v) is 7.80. The van der Waals surface area contributed by atoms with Gasteiger partial charge in [-0.3, -0.25) is 9.69 Å². The summed E-state index contributed by atoms with van der Waals surface area (Å²) in [6, 6.07) is 28.0. The van der Waals surface area contributed by atoms with Crippen molar-refractivity contribution in [2.24, 2.45) is 5.92 Å². The highest BCUT2D eigenvalue weighted by Crippen LogP contribution is 2.34. The molecule has 0 atom stereocenters. The van der Waals surface area contributed by atoms with Crippen molar-refractivity contribution >= 4 is 44.2 Å². The van der Waals surface area contributed by atoms with Crippen molar-refractivity contribution in [3.8, 4) is 22.4 Å². The number of hydrogen-bond donors (Lipinski definition) is 1. The molecule has 5 heterocycles. The van der Waals surface area contributed by atoms with Crippen LogP contribution in [0.15, 0.2) is 101 Å². The van der Waals surface area contributed by atoms with Crippen molar-refractivity contribution in [1.82, 2.24) is 24.5 Å². The van der Waals surface area contributed by atoms with E-state index < -0.39 is 9.84 Å². The molecule has 1 fully saturated rings. The number of nitrogens with one attached hydrogen (secondary N) is 1. The second-order valence-electron chi connectivity index (χ2n) is 12.3. The summed E-state index contributed by atoms with van der Waals surface area (Å²) in [7, 11) is -3.42. The number of benzene rings is 3. The molecule has 0 aliphatic carbocycles. The number of carbonyl (C=O) groups is 1. The summed E-state index contributed by atoms with van der Waals surface area (Å²) in [5.41, 5.74) is 8.83. The minimum Gasteiger partial charge on any atom is -0.326 e. The molecule has 3 aromatic heterocycles. The van der Waals surface area contributed by atoms with Gasteiger partial charge in [0.15, 0.2) is 11.3 Å². The number of carbonyl (C=O) groups excluding carboxylic acids is 1.